The smallest absolute Gasteiger partial charge is 0.224 e. The Morgan fingerprint density at radius 2 is 2.29 bits per heavy atom. The van der Waals surface area contributed by atoms with Gasteiger partial charge in [-0.1, -0.05) is 12.1 Å². The molecule has 5 nitrogen and oxygen atoms in total. The fourth-order valence-corrected chi connectivity index (χ4v) is 2.95. The van der Waals surface area contributed by atoms with Crippen molar-refractivity contribution in [2.24, 2.45) is 0 Å². The largest absolute Gasteiger partial charge is 0.493 e. The molecule has 1 unspecified atom stereocenters. The number of aromatic nitrogens is 1. The monoisotopic (exact) mass is 390 g/mol. The molecule has 2 atom stereocenters. The molecule has 1 aliphatic heterocycles. The Labute approximate surface area is 149 Å². The maximum absolute atomic E-state index is 12.3. The van der Waals surface area contributed by atoms with Crippen molar-refractivity contribution in [3.8, 4) is 5.75 Å². The second-order valence-electron chi connectivity index (χ2n) is 5.89. The molecule has 24 heavy (non-hydrogen) atoms. The number of carbonyl (C=O) groups excluding carboxylic acids is 1. The van der Waals surface area contributed by atoms with Gasteiger partial charge in [0.25, 0.3) is 0 Å². The summed E-state index contributed by atoms with van der Waals surface area (Å²) in [7, 11) is 0. The van der Waals surface area contributed by atoms with Crippen LogP contribution >= 0.6 is 15.9 Å². The first-order valence-corrected chi connectivity index (χ1v) is 8.67. The predicted octanol–water partition coefficient (Wildman–Crippen LogP) is 3.08. The van der Waals surface area contributed by atoms with Gasteiger partial charge in [-0.2, -0.15) is 0 Å². The first kappa shape index (κ1) is 16.9. The van der Waals surface area contributed by atoms with Crippen molar-refractivity contribution >= 4 is 21.8 Å². The van der Waals surface area contributed by atoms with Gasteiger partial charge in [-0.05, 0) is 46.6 Å². The molecule has 0 saturated carbocycles. The van der Waals surface area contributed by atoms with E-state index in [1.165, 1.54) is 0 Å². The van der Waals surface area contributed by atoms with Gasteiger partial charge in [-0.15, -0.1) is 0 Å². The molecule has 1 aromatic carbocycles. The molecule has 1 aliphatic rings. The van der Waals surface area contributed by atoms with Crippen molar-refractivity contribution in [3.63, 3.8) is 0 Å². The molecule has 0 saturated heterocycles. The number of pyridine rings is 1. The fraction of sp³-hybridized carbons (Fsp3) is 0.333. The molecule has 0 radical (unpaired) electrons. The van der Waals surface area contributed by atoms with Crippen molar-refractivity contribution in [2.45, 2.75) is 31.9 Å². The standard InChI is InChI=1S/C18H19BrN2O3/c1-11(15-5-3-13(19)10-20-15)21-18(23)9-12-2-4-14-16(22)6-7-24-17(14)8-12/h2-5,8,10-11,16,22H,6-7,9H2,1H3,(H,21,23)/t11-,16?/m1/s1. The number of benzene rings is 1. The lowest BCUT2D eigenvalue weighted by molar-refractivity contribution is -0.121. The van der Waals surface area contributed by atoms with Crippen LogP contribution in [0.4, 0.5) is 0 Å². The van der Waals surface area contributed by atoms with Gasteiger partial charge in [0, 0.05) is 22.7 Å². The molecule has 2 heterocycles. The number of aliphatic hydroxyl groups is 1. The van der Waals surface area contributed by atoms with Crippen LogP contribution in [0.2, 0.25) is 0 Å². The number of nitrogens with zero attached hydrogens (tertiary/aromatic N) is 1. The third-order valence-electron chi connectivity index (χ3n) is 4.02. The minimum atomic E-state index is -0.486. The van der Waals surface area contributed by atoms with Crippen LogP contribution in [0, 0.1) is 0 Å². The highest BCUT2D eigenvalue weighted by molar-refractivity contribution is 9.10. The number of carbonyl (C=O) groups is 1. The third-order valence-corrected chi connectivity index (χ3v) is 4.49. The predicted molar refractivity (Wildman–Crippen MR) is 93.7 cm³/mol. The molecule has 0 fully saturated rings. The van der Waals surface area contributed by atoms with Crippen molar-refractivity contribution in [1.29, 1.82) is 0 Å². The number of fused-ring (bicyclic) bond motifs is 1. The zero-order valence-electron chi connectivity index (χ0n) is 13.3. The molecule has 3 rings (SSSR count). The molecule has 0 spiro atoms. The SMILES string of the molecule is C[C@@H](NC(=O)Cc1ccc2c(c1)OCCC2O)c1ccc(Br)cn1. The van der Waals surface area contributed by atoms with Crippen LogP contribution in [-0.2, 0) is 11.2 Å². The van der Waals surface area contributed by atoms with Crippen LogP contribution in [0.15, 0.2) is 41.0 Å². The van der Waals surface area contributed by atoms with E-state index in [4.69, 9.17) is 4.74 Å². The van der Waals surface area contributed by atoms with Crippen LogP contribution < -0.4 is 10.1 Å². The van der Waals surface area contributed by atoms with E-state index < -0.39 is 6.10 Å². The van der Waals surface area contributed by atoms with Crippen molar-refractivity contribution in [2.75, 3.05) is 6.61 Å². The minimum Gasteiger partial charge on any atom is -0.493 e. The van der Waals surface area contributed by atoms with Gasteiger partial charge in [-0.25, -0.2) is 0 Å². The molecule has 2 N–H and O–H groups in total. The van der Waals surface area contributed by atoms with Crippen LogP contribution in [0.3, 0.4) is 0 Å². The van der Waals surface area contributed by atoms with Gasteiger partial charge in [0.05, 0.1) is 30.9 Å². The Morgan fingerprint density at radius 1 is 1.46 bits per heavy atom. The molecular weight excluding hydrogens is 372 g/mol. The number of halogens is 1. The average Bonchev–Trinajstić information content (AvgIpc) is 2.55. The summed E-state index contributed by atoms with van der Waals surface area (Å²) in [6.07, 6.45) is 2.09. The van der Waals surface area contributed by atoms with E-state index in [1.54, 1.807) is 6.20 Å². The maximum atomic E-state index is 12.3. The molecule has 1 aromatic heterocycles. The van der Waals surface area contributed by atoms with E-state index in [9.17, 15) is 9.90 Å². The summed E-state index contributed by atoms with van der Waals surface area (Å²) in [5.74, 6) is 0.588. The van der Waals surface area contributed by atoms with Gasteiger partial charge in [0.1, 0.15) is 5.75 Å². The quantitative estimate of drug-likeness (QED) is 0.841. The van der Waals surface area contributed by atoms with Crippen LogP contribution in [0.25, 0.3) is 0 Å². The first-order chi connectivity index (χ1) is 11.5. The lowest BCUT2D eigenvalue weighted by Crippen LogP contribution is -2.28. The highest BCUT2D eigenvalue weighted by Gasteiger charge is 2.20. The van der Waals surface area contributed by atoms with E-state index in [0.29, 0.717) is 18.8 Å². The first-order valence-electron chi connectivity index (χ1n) is 7.87. The third kappa shape index (κ3) is 3.94. The summed E-state index contributed by atoms with van der Waals surface area (Å²) < 4.78 is 6.48. The second kappa shape index (κ2) is 7.32. The topological polar surface area (TPSA) is 71.5 Å². The van der Waals surface area contributed by atoms with Gasteiger partial charge >= 0.3 is 0 Å². The number of ether oxygens (including phenoxy) is 1. The fourth-order valence-electron chi connectivity index (χ4n) is 2.72. The Hall–Kier alpha value is -1.92. The average molecular weight is 391 g/mol. The van der Waals surface area contributed by atoms with Crippen LogP contribution in [0.1, 0.15) is 42.3 Å². The lowest BCUT2D eigenvalue weighted by Gasteiger charge is -2.22. The Balaban J connectivity index is 1.63. The summed E-state index contributed by atoms with van der Waals surface area (Å²) in [4.78, 5) is 16.6. The number of nitrogens with one attached hydrogen (secondary N) is 1. The van der Waals surface area contributed by atoms with Crippen molar-refractivity contribution in [1.82, 2.24) is 10.3 Å². The molecule has 2 aromatic rings. The number of hydrogen-bond acceptors (Lipinski definition) is 4. The zero-order chi connectivity index (χ0) is 17.1. The normalized spacial score (nSPS) is 17.5. The van der Waals surface area contributed by atoms with E-state index in [0.717, 1.165) is 21.3 Å². The van der Waals surface area contributed by atoms with Crippen LogP contribution in [-0.4, -0.2) is 22.6 Å². The van der Waals surface area contributed by atoms with Gasteiger partial charge in [0.2, 0.25) is 5.91 Å². The number of aliphatic hydroxyl groups excluding tert-OH is 1. The summed E-state index contributed by atoms with van der Waals surface area (Å²) in [6, 6.07) is 9.14. The Kier molecular flexibility index (Phi) is 5.16. The molecule has 0 bridgehead atoms. The second-order valence-corrected chi connectivity index (χ2v) is 6.81. The van der Waals surface area contributed by atoms with Crippen molar-refractivity contribution in [3.05, 3.63) is 57.8 Å². The molecule has 0 aliphatic carbocycles. The van der Waals surface area contributed by atoms with E-state index in [-0.39, 0.29) is 18.4 Å². The highest BCUT2D eigenvalue weighted by Crippen LogP contribution is 2.32. The molecule has 126 valence electrons. The summed E-state index contributed by atoms with van der Waals surface area (Å²) >= 11 is 3.34. The zero-order valence-corrected chi connectivity index (χ0v) is 14.9. The molecule has 6 heteroatoms. The Morgan fingerprint density at radius 3 is 3.04 bits per heavy atom. The lowest BCUT2D eigenvalue weighted by atomic mass is 10.00. The molecule has 1 amide bonds. The maximum Gasteiger partial charge on any atom is 0.224 e. The summed E-state index contributed by atoms with van der Waals surface area (Å²) in [5.41, 5.74) is 2.46. The van der Waals surface area contributed by atoms with E-state index >= 15 is 0 Å². The highest BCUT2D eigenvalue weighted by atomic mass is 79.9. The Bertz CT molecular complexity index is 734. The minimum absolute atomic E-state index is 0.0801. The van der Waals surface area contributed by atoms with Gasteiger partial charge < -0.3 is 15.2 Å². The number of amides is 1. The number of hydrogen-bond donors (Lipinski definition) is 2. The molecular formula is C18H19BrN2O3. The van der Waals surface area contributed by atoms with E-state index in [1.807, 2.05) is 37.3 Å². The summed E-state index contributed by atoms with van der Waals surface area (Å²) in [5, 5.41) is 12.9. The van der Waals surface area contributed by atoms with Gasteiger partial charge in [-0.3, -0.25) is 9.78 Å². The summed E-state index contributed by atoms with van der Waals surface area (Å²) in [6.45, 7) is 2.40. The van der Waals surface area contributed by atoms with Crippen LogP contribution in [0.5, 0.6) is 5.75 Å². The van der Waals surface area contributed by atoms with Gasteiger partial charge in [0.15, 0.2) is 0 Å². The number of rotatable bonds is 4. The van der Waals surface area contributed by atoms with Crippen molar-refractivity contribution < 1.29 is 14.6 Å². The van der Waals surface area contributed by atoms with E-state index in [2.05, 4.69) is 26.2 Å².